The van der Waals surface area contributed by atoms with Crippen LogP contribution in [0.2, 0.25) is 0 Å². The van der Waals surface area contributed by atoms with Gasteiger partial charge in [-0.05, 0) is 25.0 Å². The van der Waals surface area contributed by atoms with Crippen molar-refractivity contribution in [3.05, 3.63) is 29.8 Å². The molecular formula is C13H18N2O2. The van der Waals surface area contributed by atoms with Crippen molar-refractivity contribution in [3.8, 4) is 0 Å². The van der Waals surface area contributed by atoms with Crippen LogP contribution in [0.25, 0.3) is 0 Å². The summed E-state index contributed by atoms with van der Waals surface area (Å²) in [6.07, 6.45) is 0.372. The number of amides is 1. The molecule has 1 amide bonds. The molecule has 1 aromatic rings. The molecule has 0 aliphatic carbocycles. The van der Waals surface area contributed by atoms with E-state index in [-0.39, 0.29) is 11.9 Å². The first kappa shape index (κ1) is 12.1. The fraction of sp³-hybridized carbons (Fsp3) is 0.462. The Labute approximate surface area is 101 Å². The maximum atomic E-state index is 12.2. The van der Waals surface area contributed by atoms with Gasteiger partial charge in [-0.1, -0.05) is 18.2 Å². The Morgan fingerprint density at radius 3 is 2.94 bits per heavy atom. The van der Waals surface area contributed by atoms with E-state index >= 15 is 0 Å². The van der Waals surface area contributed by atoms with Crippen molar-refractivity contribution in [3.63, 3.8) is 0 Å². The minimum Gasteiger partial charge on any atom is -0.372 e. The summed E-state index contributed by atoms with van der Waals surface area (Å²) in [5, 5.41) is 0. The van der Waals surface area contributed by atoms with Crippen molar-refractivity contribution in [1.29, 1.82) is 0 Å². The van der Waals surface area contributed by atoms with Gasteiger partial charge in [-0.25, -0.2) is 0 Å². The summed E-state index contributed by atoms with van der Waals surface area (Å²) in [6, 6.07) is 7.82. The van der Waals surface area contributed by atoms with E-state index in [0.29, 0.717) is 6.54 Å². The molecule has 0 aromatic heterocycles. The number of benzene rings is 1. The molecular weight excluding hydrogens is 216 g/mol. The third-order valence-corrected chi connectivity index (χ3v) is 3.26. The maximum absolute atomic E-state index is 12.2. The van der Waals surface area contributed by atoms with Gasteiger partial charge in [0.2, 0.25) is 0 Å². The van der Waals surface area contributed by atoms with Gasteiger partial charge in [-0.2, -0.15) is 0 Å². The lowest BCUT2D eigenvalue weighted by Gasteiger charge is -2.33. The highest BCUT2D eigenvalue weighted by atomic mass is 16.5. The normalized spacial score (nSPS) is 20.9. The van der Waals surface area contributed by atoms with Gasteiger partial charge in [-0.15, -0.1) is 0 Å². The summed E-state index contributed by atoms with van der Waals surface area (Å²) in [4.78, 5) is 13.9. The average Bonchev–Trinajstić information content (AvgIpc) is 2.38. The molecule has 92 valence electrons. The molecule has 17 heavy (non-hydrogen) atoms. The highest BCUT2D eigenvalue weighted by molar-refractivity contribution is 5.97. The Balaban J connectivity index is 2.33. The largest absolute Gasteiger partial charge is 0.372 e. The lowest BCUT2D eigenvalue weighted by atomic mass is 9.97. The van der Waals surface area contributed by atoms with Crippen LogP contribution < -0.4 is 10.6 Å². The molecule has 0 saturated carbocycles. The zero-order chi connectivity index (χ0) is 12.4. The van der Waals surface area contributed by atoms with Crippen LogP contribution in [-0.4, -0.2) is 25.7 Å². The molecule has 2 N–H and O–H groups in total. The number of hydrogen-bond acceptors (Lipinski definition) is 3. The lowest BCUT2D eigenvalue weighted by molar-refractivity contribution is -0.127. The summed E-state index contributed by atoms with van der Waals surface area (Å²) in [5.74, 6) is -0.00755. The van der Waals surface area contributed by atoms with Crippen LogP contribution in [0.4, 0.5) is 5.69 Å². The van der Waals surface area contributed by atoms with E-state index < -0.39 is 6.10 Å². The molecule has 0 bridgehead atoms. The number of rotatable bonds is 2. The predicted molar refractivity (Wildman–Crippen MR) is 66.8 cm³/mol. The summed E-state index contributed by atoms with van der Waals surface area (Å²) in [6.45, 7) is 2.42. The average molecular weight is 234 g/mol. The monoisotopic (exact) mass is 234 g/mol. The Kier molecular flexibility index (Phi) is 3.45. The number of anilines is 1. The Bertz CT molecular complexity index is 420. The third-order valence-electron chi connectivity index (χ3n) is 3.26. The van der Waals surface area contributed by atoms with E-state index in [2.05, 4.69) is 0 Å². The van der Waals surface area contributed by atoms with Gasteiger partial charge in [0.15, 0.2) is 0 Å². The second-order valence-corrected chi connectivity index (χ2v) is 4.32. The van der Waals surface area contributed by atoms with Crippen LogP contribution in [0.5, 0.6) is 0 Å². The standard InChI is InChI=1S/C13H18N2O2/c1-9(17-2)13(16)15-8-7-11(14)10-5-3-4-6-12(10)15/h3-6,9,11H,7-8,14H2,1-2H3. The maximum Gasteiger partial charge on any atom is 0.255 e. The summed E-state index contributed by atoms with van der Waals surface area (Å²) < 4.78 is 5.08. The first-order valence-electron chi connectivity index (χ1n) is 5.84. The Morgan fingerprint density at radius 2 is 2.24 bits per heavy atom. The van der Waals surface area contributed by atoms with Gasteiger partial charge in [-0.3, -0.25) is 4.79 Å². The number of fused-ring (bicyclic) bond motifs is 1. The number of nitrogens with zero attached hydrogens (tertiary/aromatic N) is 1. The second-order valence-electron chi connectivity index (χ2n) is 4.32. The Morgan fingerprint density at radius 1 is 1.53 bits per heavy atom. The van der Waals surface area contributed by atoms with Crippen molar-refractivity contribution in [2.45, 2.75) is 25.5 Å². The number of ether oxygens (including phenoxy) is 1. The minimum absolute atomic E-state index is 0.00755. The number of para-hydroxylation sites is 1. The van der Waals surface area contributed by atoms with Crippen molar-refractivity contribution in [2.24, 2.45) is 5.73 Å². The molecule has 0 saturated heterocycles. The smallest absolute Gasteiger partial charge is 0.255 e. The van der Waals surface area contributed by atoms with E-state index in [1.807, 2.05) is 24.3 Å². The van der Waals surface area contributed by atoms with Gasteiger partial charge in [0.05, 0.1) is 0 Å². The van der Waals surface area contributed by atoms with Gasteiger partial charge < -0.3 is 15.4 Å². The summed E-state index contributed by atoms with van der Waals surface area (Å²) in [7, 11) is 1.55. The molecule has 2 unspecified atom stereocenters. The van der Waals surface area contributed by atoms with Crippen LogP contribution in [0.15, 0.2) is 24.3 Å². The van der Waals surface area contributed by atoms with E-state index in [1.165, 1.54) is 0 Å². The molecule has 1 aliphatic heterocycles. The van der Waals surface area contributed by atoms with Crippen molar-refractivity contribution in [1.82, 2.24) is 0 Å². The molecule has 1 aromatic carbocycles. The predicted octanol–water partition coefficient (Wildman–Crippen LogP) is 1.46. The summed E-state index contributed by atoms with van der Waals surface area (Å²) >= 11 is 0. The lowest BCUT2D eigenvalue weighted by Crippen LogP contribution is -2.43. The summed E-state index contributed by atoms with van der Waals surface area (Å²) in [5.41, 5.74) is 8.00. The molecule has 1 heterocycles. The molecule has 4 heteroatoms. The Hall–Kier alpha value is -1.39. The molecule has 2 atom stereocenters. The van der Waals surface area contributed by atoms with E-state index in [9.17, 15) is 4.79 Å². The zero-order valence-corrected chi connectivity index (χ0v) is 10.2. The first-order chi connectivity index (χ1) is 8.15. The first-order valence-corrected chi connectivity index (χ1v) is 5.84. The van der Waals surface area contributed by atoms with Crippen LogP contribution >= 0.6 is 0 Å². The number of methoxy groups -OCH3 is 1. The number of carbonyl (C=O) groups is 1. The van der Waals surface area contributed by atoms with Gasteiger partial charge in [0, 0.05) is 25.4 Å². The highest BCUT2D eigenvalue weighted by Gasteiger charge is 2.28. The number of hydrogen-bond donors (Lipinski definition) is 1. The number of nitrogens with two attached hydrogens (primary N) is 1. The fourth-order valence-corrected chi connectivity index (χ4v) is 2.14. The third kappa shape index (κ3) is 2.18. The number of carbonyl (C=O) groups excluding carboxylic acids is 1. The van der Waals surface area contributed by atoms with E-state index in [4.69, 9.17) is 10.5 Å². The topological polar surface area (TPSA) is 55.6 Å². The minimum atomic E-state index is -0.419. The highest BCUT2D eigenvalue weighted by Crippen LogP contribution is 2.32. The van der Waals surface area contributed by atoms with Gasteiger partial charge >= 0.3 is 0 Å². The van der Waals surface area contributed by atoms with Crippen molar-refractivity contribution in [2.75, 3.05) is 18.6 Å². The zero-order valence-electron chi connectivity index (χ0n) is 10.2. The quantitative estimate of drug-likeness (QED) is 0.842. The van der Waals surface area contributed by atoms with Crippen LogP contribution in [0.1, 0.15) is 24.9 Å². The molecule has 1 aliphatic rings. The SMILES string of the molecule is COC(C)C(=O)N1CCC(N)c2ccccc21. The van der Waals surface area contributed by atoms with Crippen LogP contribution in [0, 0.1) is 0 Å². The van der Waals surface area contributed by atoms with E-state index in [1.54, 1.807) is 18.9 Å². The van der Waals surface area contributed by atoms with Gasteiger partial charge in [0.1, 0.15) is 6.10 Å². The molecule has 0 radical (unpaired) electrons. The molecule has 4 nitrogen and oxygen atoms in total. The van der Waals surface area contributed by atoms with E-state index in [0.717, 1.165) is 17.7 Å². The molecule has 0 fully saturated rings. The molecule has 0 spiro atoms. The molecule has 2 rings (SSSR count). The van der Waals surface area contributed by atoms with Gasteiger partial charge in [0.25, 0.3) is 5.91 Å². The van der Waals surface area contributed by atoms with Crippen LogP contribution in [-0.2, 0) is 9.53 Å². The fourth-order valence-electron chi connectivity index (χ4n) is 2.14. The second kappa shape index (κ2) is 4.85. The van der Waals surface area contributed by atoms with Crippen molar-refractivity contribution < 1.29 is 9.53 Å². The van der Waals surface area contributed by atoms with Crippen LogP contribution in [0.3, 0.4) is 0 Å². The van der Waals surface area contributed by atoms with Crippen molar-refractivity contribution >= 4 is 11.6 Å².